The zero-order chi connectivity index (χ0) is 17.1. The number of benzene rings is 1. The fourth-order valence-corrected chi connectivity index (χ4v) is 2.69. The molecule has 3 rings (SSSR count). The van der Waals surface area contributed by atoms with Crippen LogP contribution in [0.1, 0.15) is 0 Å². The van der Waals surface area contributed by atoms with Crippen molar-refractivity contribution in [3.63, 3.8) is 0 Å². The molecule has 0 saturated carbocycles. The van der Waals surface area contributed by atoms with E-state index < -0.39 is 17.8 Å². The Bertz CT molecular complexity index is 807. The van der Waals surface area contributed by atoms with Gasteiger partial charge in [0.15, 0.2) is 0 Å². The van der Waals surface area contributed by atoms with Crippen LogP contribution in [0, 0.1) is 0 Å². The number of amides is 4. The largest absolute Gasteiger partial charge is 0.349 e. The van der Waals surface area contributed by atoms with E-state index in [0.29, 0.717) is 16.4 Å². The highest BCUT2D eigenvalue weighted by atomic mass is 32.2. The molecule has 0 radical (unpaired) electrons. The molecule has 2 aromatic rings. The Morgan fingerprint density at radius 2 is 1.75 bits per heavy atom. The number of H-pyrrole nitrogens is 1. The highest BCUT2D eigenvalue weighted by Gasteiger charge is 2.31. The summed E-state index contributed by atoms with van der Waals surface area (Å²) < 4.78 is 0. The average Bonchev–Trinajstić information content (AvgIpc) is 3.08. The Kier molecular flexibility index (Phi) is 4.29. The number of rotatable bonds is 4. The van der Waals surface area contributed by atoms with E-state index in [9.17, 15) is 14.4 Å². The number of anilines is 1. The molecule has 1 aliphatic rings. The van der Waals surface area contributed by atoms with Crippen LogP contribution in [0.25, 0.3) is 11.3 Å². The topological polar surface area (TPSA) is 129 Å². The lowest BCUT2D eigenvalue weighted by Crippen LogP contribution is -2.52. The molecule has 0 bridgehead atoms. The molecular formula is C14H12N6O3S. The summed E-state index contributed by atoms with van der Waals surface area (Å²) >= 11 is 1.19. The van der Waals surface area contributed by atoms with Gasteiger partial charge in [-0.15, -0.1) is 16.9 Å². The number of hydrogen-bond acceptors (Lipinski definition) is 7. The predicted octanol–water partition coefficient (Wildman–Crippen LogP) is 0.824. The highest BCUT2D eigenvalue weighted by Crippen LogP contribution is 2.24. The van der Waals surface area contributed by atoms with Crippen LogP contribution in [0.4, 0.5) is 10.5 Å². The number of aromatic amines is 1. The molecule has 0 spiro atoms. The summed E-state index contributed by atoms with van der Waals surface area (Å²) in [5.74, 6) is -1.47. The number of aromatic nitrogens is 3. The van der Waals surface area contributed by atoms with E-state index in [4.69, 9.17) is 0 Å². The van der Waals surface area contributed by atoms with Gasteiger partial charge in [0.05, 0.1) is 5.03 Å². The molecule has 1 fully saturated rings. The number of thioether (sulfide) groups is 1. The minimum Gasteiger partial charge on any atom is -0.349 e. The van der Waals surface area contributed by atoms with Gasteiger partial charge in [0.2, 0.25) is 0 Å². The number of imide groups is 2. The minimum atomic E-state index is -0.828. The SMILES string of the molecule is CSC(Nc1ccc(-c2c[nH]nn2)cc1)=C1C(=O)NC(=O)NC1=O. The number of carbonyl (C=O) groups is 3. The number of urea groups is 1. The molecule has 1 aliphatic heterocycles. The second kappa shape index (κ2) is 6.54. The average molecular weight is 344 g/mol. The summed E-state index contributed by atoms with van der Waals surface area (Å²) in [7, 11) is 0. The van der Waals surface area contributed by atoms with Gasteiger partial charge >= 0.3 is 6.03 Å². The van der Waals surface area contributed by atoms with Crippen LogP contribution >= 0.6 is 11.8 Å². The molecular weight excluding hydrogens is 332 g/mol. The molecule has 2 heterocycles. The van der Waals surface area contributed by atoms with E-state index in [1.807, 2.05) is 22.8 Å². The van der Waals surface area contributed by atoms with E-state index in [1.54, 1.807) is 24.6 Å². The van der Waals surface area contributed by atoms with Gasteiger partial charge in [0.25, 0.3) is 11.8 Å². The maximum Gasteiger partial charge on any atom is 0.328 e. The van der Waals surface area contributed by atoms with E-state index in [1.165, 1.54) is 11.8 Å². The van der Waals surface area contributed by atoms with E-state index >= 15 is 0 Å². The highest BCUT2D eigenvalue weighted by molar-refractivity contribution is 8.02. The van der Waals surface area contributed by atoms with Gasteiger partial charge < -0.3 is 5.32 Å². The maximum absolute atomic E-state index is 11.9. The Balaban J connectivity index is 1.85. The summed E-state index contributed by atoms with van der Waals surface area (Å²) in [4.78, 5) is 34.9. The predicted molar refractivity (Wildman–Crippen MR) is 87.7 cm³/mol. The molecule has 1 saturated heterocycles. The smallest absolute Gasteiger partial charge is 0.328 e. The van der Waals surface area contributed by atoms with Crippen LogP contribution in [0.15, 0.2) is 41.1 Å². The first-order chi connectivity index (χ1) is 11.6. The second-order valence-electron chi connectivity index (χ2n) is 4.71. The van der Waals surface area contributed by atoms with Crippen molar-refractivity contribution in [2.75, 3.05) is 11.6 Å². The minimum absolute atomic E-state index is 0.136. The first kappa shape index (κ1) is 15.7. The van der Waals surface area contributed by atoms with Gasteiger partial charge in [-0.2, -0.15) is 0 Å². The quantitative estimate of drug-likeness (QED) is 0.477. The Labute approximate surface area is 140 Å². The zero-order valence-corrected chi connectivity index (χ0v) is 13.2. The molecule has 9 nitrogen and oxygen atoms in total. The van der Waals surface area contributed by atoms with Gasteiger partial charge in [-0.25, -0.2) is 4.79 Å². The van der Waals surface area contributed by atoms with Gasteiger partial charge in [0, 0.05) is 17.4 Å². The lowest BCUT2D eigenvalue weighted by Gasteiger charge is -2.18. The third-order valence-corrected chi connectivity index (χ3v) is 3.91. The van der Waals surface area contributed by atoms with Crippen molar-refractivity contribution >= 4 is 35.3 Å². The first-order valence-corrected chi connectivity index (χ1v) is 8.00. The third kappa shape index (κ3) is 3.13. The van der Waals surface area contributed by atoms with Crippen LogP contribution in [-0.2, 0) is 9.59 Å². The molecule has 10 heteroatoms. The van der Waals surface area contributed by atoms with Crippen molar-refractivity contribution in [2.45, 2.75) is 0 Å². The molecule has 1 aromatic carbocycles. The third-order valence-electron chi connectivity index (χ3n) is 3.19. The van der Waals surface area contributed by atoms with Gasteiger partial charge in [0.1, 0.15) is 11.3 Å². The second-order valence-corrected chi connectivity index (χ2v) is 5.52. The molecule has 0 atom stereocenters. The number of nitrogens with one attached hydrogen (secondary N) is 4. The lowest BCUT2D eigenvalue weighted by molar-refractivity contribution is -0.124. The molecule has 1 aromatic heterocycles. The molecule has 4 amide bonds. The van der Waals surface area contributed by atoms with Crippen molar-refractivity contribution in [3.8, 4) is 11.3 Å². The van der Waals surface area contributed by atoms with Gasteiger partial charge in [-0.3, -0.25) is 25.3 Å². The van der Waals surface area contributed by atoms with Crippen molar-refractivity contribution in [1.82, 2.24) is 26.0 Å². The number of barbiturate groups is 1. The Morgan fingerprint density at radius 3 is 2.29 bits per heavy atom. The zero-order valence-electron chi connectivity index (χ0n) is 12.4. The van der Waals surface area contributed by atoms with Crippen LogP contribution < -0.4 is 16.0 Å². The van der Waals surface area contributed by atoms with E-state index in [0.717, 1.165) is 5.56 Å². The van der Waals surface area contributed by atoms with Crippen molar-refractivity contribution in [2.24, 2.45) is 0 Å². The molecule has 0 unspecified atom stereocenters. The van der Waals surface area contributed by atoms with Crippen LogP contribution in [0.2, 0.25) is 0 Å². The number of hydrogen-bond donors (Lipinski definition) is 4. The number of nitrogens with zero attached hydrogens (tertiary/aromatic N) is 2. The Hall–Kier alpha value is -3.14. The molecule has 4 N–H and O–H groups in total. The maximum atomic E-state index is 11.9. The van der Waals surface area contributed by atoms with Crippen LogP contribution in [0.3, 0.4) is 0 Å². The van der Waals surface area contributed by atoms with E-state index in [-0.39, 0.29) is 5.57 Å². The Morgan fingerprint density at radius 1 is 1.08 bits per heavy atom. The molecule has 0 aliphatic carbocycles. The van der Waals surface area contributed by atoms with Gasteiger partial charge in [-0.1, -0.05) is 17.3 Å². The normalized spacial score (nSPS) is 14.2. The summed E-state index contributed by atoms with van der Waals surface area (Å²) in [6.45, 7) is 0. The fraction of sp³-hybridized carbons (Fsp3) is 0.0714. The summed E-state index contributed by atoms with van der Waals surface area (Å²) in [5.41, 5.74) is 2.11. The monoisotopic (exact) mass is 344 g/mol. The van der Waals surface area contributed by atoms with E-state index in [2.05, 4.69) is 20.7 Å². The van der Waals surface area contributed by atoms with Gasteiger partial charge in [-0.05, 0) is 18.4 Å². The number of carbonyl (C=O) groups excluding carboxylic acids is 3. The molecule has 122 valence electrons. The van der Waals surface area contributed by atoms with Crippen LogP contribution in [-0.4, -0.2) is 39.5 Å². The first-order valence-electron chi connectivity index (χ1n) is 6.77. The summed E-state index contributed by atoms with van der Waals surface area (Å²) in [5, 5.41) is 17.7. The van der Waals surface area contributed by atoms with Crippen molar-refractivity contribution in [1.29, 1.82) is 0 Å². The lowest BCUT2D eigenvalue weighted by atomic mass is 10.1. The van der Waals surface area contributed by atoms with Crippen molar-refractivity contribution in [3.05, 3.63) is 41.1 Å². The summed E-state index contributed by atoms with van der Waals surface area (Å²) in [6.07, 6.45) is 3.39. The molecule has 24 heavy (non-hydrogen) atoms. The standard InChI is InChI=1S/C14H12N6O3S/c1-24-13(10-11(21)17-14(23)18-12(10)22)16-8-4-2-7(3-5-8)9-6-15-20-19-9/h2-6,16H,1H3,(H,15,19,20)(H2,17,18,21,22,23). The fourth-order valence-electron chi connectivity index (χ4n) is 2.09. The van der Waals surface area contributed by atoms with Crippen molar-refractivity contribution < 1.29 is 14.4 Å². The summed E-state index contributed by atoms with van der Waals surface area (Å²) in [6, 6.07) is 6.39. The van der Waals surface area contributed by atoms with Crippen LogP contribution in [0.5, 0.6) is 0 Å².